The number of nitrogens with one attached hydrogen (secondary N) is 2. The average Bonchev–Trinajstić information content (AvgIpc) is 4.13. The maximum absolute atomic E-state index is 13.3. The molecule has 10 rings (SSSR count). The number of aromatic nitrogens is 2. The smallest absolute Gasteiger partial charge is 0.489 e. The molecule has 0 fully saturated rings. The van der Waals surface area contributed by atoms with E-state index in [4.69, 9.17) is 18.9 Å². The van der Waals surface area contributed by atoms with Gasteiger partial charge in [-0.15, -0.1) is 0 Å². The summed E-state index contributed by atoms with van der Waals surface area (Å²) in [5.41, 5.74) is 6.65. The van der Waals surface area contributed by atoms with E-state index in [1.165, 1.54) is 4.57 Å². The minimum absolute atomic E-state index is 0.0208. The van der Waals surface area contributed by atoms with Crippen molar-refractivity contribution in [2.24, 2.45) is 0 Å². The number of nitrogens with zero attached hydrogens (tertiary/aromatic N) is 2. The minimum atomic E-state index is -1.81. The highest BCUT2D eigenvalue weighted by molar-refractivity contribution is 9.10. The van der Waals surface area contributed by atoms with Gasteiger partial charge in [-0.25, -0.2) is 14.2 Å². The molecule has 14 nitrogen and oxygen atoms in total. The fraction of sp³-hybridized carbons (Fsp3) is 0.214. The van der Waals surface area contributed by atoms with E-state index in [1.54, 1.807) is 49.6 Å². The van der Waals surface area contributed by atoms with E-state index >= 15 is 0 Å². The van der Waals surface area contributed by atoms with Crippen LogP contribution in [0.2, 0.25) is 0 Å². The van der Waals surface area contributed by atoms with Gasteiger partial charge in [0.25, 0.3) is 11.8 Å². The lowest BCUT2D eigenvalue weighted by Gasteiger charge is -2.21. The average molecular weight is 1030 g/mol. The number of rotatable bonds is 8. The summed E-state index contributed by atoms with van der Waals surface area (Å²) in [5.74, 6) is 1.19. The van der Waals surface area contributed by atoms with Crippen molar-refractivity contribution in [2.45, 2.75) is 79.0 Å². The monoisotopic (exact) mass is 1030 g/mol. The van der Waals surface area contributed by atoms with Gasteiger partial charge in [0.2, 0.25) is 0 Å². The molecule has 16 heteroatoms. The van der Waals surface area contributed by atoms with Crippen LogP contribution in [-0.2, 0) is 35.8 Å². The predicted octanol–water partition coefficient (Wildman–Crippen LogP) is 10.3. The predicted molar refractivity (Wildman–Crippen MR) is 280 cm³/mol. The summed E-state index contributed by atoms with van der Waals surface area (Å²) in [7, 11) is -1.81. The molecule has 2 aliphatic heterocycles. The summed E-state index contributed by atoms with van der Waals surface area (Å²) in [6.07, 6.45) is -1.16. The van der Waals surface area contributed by atoms with Crippen LogP contribution < -0.4 is 25.7 Å². The molecule has 2 aromatic heterocycles. The van der Waals surface area contributed by atoms with Crippen molar-refractivity contribution < 1.29 is 48.2 Å². The number of hydrogen-bond acceptors (Lipinski definition) is 10. The summed E-state index contributed by atoms with van der Waals surface area (Å²) in [6, 6.07) is 45.4. The Balaban J connectivity index is 0.000000162. The van der Waals surface area contributed by atoms with Crippen molar-refractivity contribution in [3.05, 3.63) is 183 Å². The molecule has 2 aliphatic rings. The van der Waals surface area contributed by atoms with Gasteiger partial charge in [-0.1, -0.05) is 91.0 Å². The lowest BCUT2D eigenvalue weighted by molar-refractivity contribution is 0.0536. The molecule has 4 N–H and O–H groups in total. The second-order valence-corrected chi connectivity index (χ2v) is 19.9. The Labute approximate surface area is 425 Å². The van der Waals surface area contributed by atoms with Gasteiger partial charge < -0.3 is 39.6 Å². The van der Waals surface area contributed by atoms with Crippen LogP contribution in [0.25, 0.3) is 33.1 Å². The quantitative estimate of drug-likeness (QED) is 0.107. The lowest BCUT2D eigenvalue weighted by Crippen LogP contribution is -2.40. The van der Waals surface area contributed by atoms with Gasteiger partial charge >= 0.3 is 19.3 Å². The standard InChI is InChI=1S/C28H26N2O4.C20H22BNO5.C8H6BrNO/c1-28(2,3)34-27(32)30-23-13-12-21(33-17-18-8-5-4-6-9-18)14-20(23)15-24(30)22-11-7-10-19-16-29-26(31)25(19)22;1-20(2,3)27-19(23)22-17-10-9-16(11-15(17)12-18(22)21(24)25)26-13-14-7-5-4-6-8-14;9-6-3-1-2-5-4-10-8(11)7(5)6/h4-15H,16-17H2,1-3H3,(H,29,31);4-12,24-25H,13H2,1-3H3;1-3H,4H2,(H,10,11). The molecule has 2 amide bonds. The van der Waals surface area contributed by atoms with E-state index in [2.05, 4.69) is 26.6 Å². The van der Waals surface area contributed by atoms with Crippen LogP contribution in [0.3, 0.4) is 0 Å². The molecular formula is C56H54BBrN4O10. The molecule has 8 aromatic rings. The number of halogens is 1. The first-order valence-corrected chi connectivity index (χ1v) is 24.1. The summed E-state index contributed by atoms with van der Waals surface area (Å²) in [4.78, 5) is 49.6. The second-order valence-electron chi connectivity index (χ2n) is 19.1. The van der Waals surface area contributed by atoms with Gasteiger partial charge in [0.1, 0.15) is 35.9 Å². The van der Waals surface area contributed by atoms with Crippen LogP contribution in [0.15, 0.2) is 150 Å². The zero-order valence-electron chi connectivity index (χ0n) is 40.7. The minimum Gasteiger partial charge on any atom is -0.489 e. The highest BCUT2D eigenvalue weighted by atomic mass is 79.9. The molecule has 0 saturated heterocycles. The van der Waals surface area contributed by atoms with Crippen LogP contribution in [0.1, 0.15) is 84.5 Å². The van der Waals surface area contributed by atoms with Gasteiger partial charge in [-0.05, 0) is 134 Å². The molecule has 0 radical (unpaired) electrons. The summed E-state index contributed by atoms with van der Waals surface area (Å²) in [5, 5.41) is 26.4. The Bertz CT molecular complexity index is 3300. The maximum atomic E-state index is 13.3. The van der Waals surface area contributed by atoms with E-state index in [9.17, 15) is 29.2 Å². The normalized spacial score (nSPS) is 12.6. The van der Waals surface area contributed by atoms with Gasteiger partial charge in [0.15, 0.2) is 0 Å². The second kappa shape index (κ2) is 21.4. The Morgan fingerprint density at radius 2 is 1.06 bits per heavy atom. The third-order valence-electron chi connectivity index (χ3n) is 11.3. The molecule has 4 heterocycles. The van der Waals surface area contributed by atoms with E-state index in [1.807, 2.05) is 142 Å². The third kappa shape index (κ3) is 11.9. The summed E-state index contributed by atoms with van der Waals surface area (Å²) >= 11 is 3.33. The molecular weight excluding hydrogens is 979 g/mol. The topological polar surface area (TPSA) is 180 Å². The number of ether oxygens (including phenoxy) is 4. The summed E-state index contributed by atoms with van der Waals surface area (Å²) < 4.78 is 26.5. The number of fused-ring (bicyclic) bond motifs is 4. The highest BCUT2D eigenvalue weighted by Gasteiger charge is 2.30. The third-order valence-corrected chi connectivity index (χ3v) is 12.0. The maximum Gasteiger partial charge on any atom is 0.506 e. The molecule has 0 saturated carbocycles. The van der Waals surface area contributed by atoms with Crippen LogP contribution in [0, 0.1) is 0 Å². The van der Waals surface area contributed by atoms with Gasteiger partial charge in [-0.3, -0.25) is 14.2 Å². The number of carbonyl (C=O) groups excluding carboxylic acids is 4. The fourth-order valence-electron chi connectivity index (χ4n) is 8.20. The molecule has 0 atom stereocenters. The Morgan fingerprint density at radius 3 is 1.57 bits per heavy atom. The highest BCUT2D eigenvalue weighted by Crippen LogP contribution is 2.36. The largest absolute Gasteiger partial charge is 0.506 e. The Hall–Kier alpha value is -7.66. The van der Waals surface area contributed by atoms with Crippen molar-refractivity contribution in [2.75, 3.05) is 0 Å². The van der Waals surface area contributed by atoms with Crippen LogP contribution >= 0.6 is 15.9 Å². The van der Waals surface area contributed by atoms with Crippen LogP contribution in [0.4, 0.5) is 9.59 Å². The van der Waals surface area contributed by atoms with Crippen LogP contribution in [-0.4, -0.2) is 61.5 Å². The first kappa shape index (κ1) is 50.7. The molecule has 0 aliphatic carbocycles. The van der Waals surface area contributed by atoms with Gasteiger partial charge in [0.05, 0.1) is 33.4 Å². The summed E-state index contributed by atoms with van der Waals surface area (Å²) in [6.45, 7) is 12.7. The van der Waals surface area contributed by atoms with Crippen LogP contribution in [0.5, 0.6) is 11.5 Å². The Kier molecular flexibility index (Phi) is 15.1. The van der Waals surface area contributed by atoms with Crippen molar-refractivity contribution in [1.82, 2.24) is 19.8 Å². The molecule has 6 aromatic carbocycles. The molecule has 0 spiro atoms. The van der Waals surface area contributed by atoms with Crippen molar-refractivity contribution in [1.29, 1.82) is 0 Å². The van der Waals surface area contributed by atoms with Gasteiger partial charge in [0, 0.05) is 33.9 Å². The van der Waals surface area contributed by atoms with E-state index in [0.29, 0.717) is 71.0 Å². The number of amides is 2. The first-order chi connectivity index (χ1) is 34.3. The number of hydrogen-bond donors (Lipinski definition) is 4. The van der Waals surface area contributed by atoms with E-state index in [-0.39, 0.29) is 17.4 Å². The number of benzene rings is 6. The van der Waals surface area contributed by atoms with E-state index in [0.717, 1.165) is 37.7 Å². The first-order valence-electron chi connectivity index (χ1n) is 23.3. The zero-order valence-corrected chi connectivity index (χ0v) is 42.3. The van der Waals surface area contributed by atoms with E-state index < -0.39 is 30.5 Å². The molecule has 368 valence electrons. The van der Waals surface area contributed by atoms with Crippen molar-refractivity contribution >= 4 is 74.4 Å². The fourth-order valence-corrected chi connectivity index (χ4v) is 8.79. The molecule has 72 heavy (non-hydrogen) atoms. The Morgan fingerprint density at radius 1 is 0.583 bits per heavy atom. The number of carbonyl (C=O) groups is 4. The SMILES string of the molecule is CC(C)(C)OC(=O)n1c(-c2cccc3c2C(=O)NC3)cc2cc(OCc3ccccc3)ccc21.CC(C)(C)OC(=O)n1c(B(O)O)cc2cc(OCc3ccccc3)ccc21.O=C1NCc2cccc(Br)c21. The van der Waals surface area contributed by atoms with Crippen molar-refractivity contribution in [3.8, 4) is 22.8 Å². The molecule has 0 unspecified atom stereocenters. The zero-order chi connectivity index (χ0) is 51.3. The lowest BCUT2D eigenvalue weighted by atomic mass is 9.86. The molecule has 0 bridgehead atoms. The van der Waals surface area contributed by atoms with Gasteiger partial charge in [-0.2, -0.15) is 0 Å². The van der Waals surface area contributed by atoms with Crippen molar-refractivity contribution in [3.63, 3.8) is 0 Å².